The smallest absolute Gasteiger partial charge is 0.262 e. The quantitative estimate of drug-likeness (QED) is 0.569. The molecule has 29 heavy (non-hydrogen) atoms. The van der Waals surface area contributed by atoms with E-state index >= 15 is 0 Å². The number of imide groups is 2. The fraction of sp³-hybridized carbons (Fsp3) is 0.500. The molecule has 0 saturated carbocycles. The van der Waals surface area contributed by atoms with E-state index in [1.807, 2.05) is 11.9 Å². The Hall–Kier alpha value is -2.62. The standard InChI is InChI=1S/C20H24N4O5/c1-23(14-9-21-8-7-15(14)25)10-11-3-2-4-12-17(11)20(29)24(19(12)28)13-5-6-16(26)22-18(13)27/h2-4,13-15,21,25H,5-10H2,1H3,(H,22,26,27). The van der Waals surface area contributed by atoms with Gasteiger partial charge in [0.1, 0.15) is 6.04 Å². The third-order valence-corrected chi connectivity index (χ3v) is 5.95. The number of piperidine rings is 2. The lowest BCUT2D eigenvalue weighted by Gasteiger charge is -2.35. The summed E-state index contributed by atoms with van der Waals surface area (Å²) in [4.78, 5) is 52.6. The molecule has 0 aromatic heterocycles. The van der Waals surface area contributed by atoms with Gasteiger partial charge in [0.25, 0.3) is 11.8 Å². The van der Waals surface area contributed by atoms with Crippen LogP contribution in [0.5, 0.6) is 0 Å². The van der Waals surface area contributed by atoms with Crippen molar-refractivity contribution in [3.63, 3.8) is 0 Å². The minimum Gasteiger partial charge on any atom is -0.391 e. The number of fused-ring (bicyclic) bond motifs is 1. The summed E-state index contributed by atoms with van der Waals surface area (Å²) in [7, 11) is 1.87. The van der Waals surface area contributed by atoms with Gasteiger partial charge in [0.05, 0.1) is 17.2 Å². The number of hydrogen-bond acceptors (Lipinski definition) is 7. The van der Waals surface area contributed by atoms with Gasteiger partial charge in [-0.2, -0.15) is 0 Å². The van der Waals surface area contributed by atoms with Crippen LogP contribution < -0.4 is 10.6 Å². The Balaban J connectivity index is 1.59. The molecule has 2 fully saturated rings. The topological polar surface area (TPSA) is 119 Å². The minimum atomic E-state index is -0.977. The Morgan fingerprint density at radius 3 is 2.69 bits per heavy atom. The molecule has 3 heterocycles. The second-order valence-corrected chi connectivity index (χ2v) is 7.83. The van der Waals surface area contributed by atoms with Crippen molar-refractivity contribution in [2.45, 2.75) is 44.0 Å². The Morgan fingerprint density at radius 2 is 1.97 bits per heavy atom. The van der Waals surface area contributed by atoms with Crippen LogP contribution in [-0.4, -0.2) is 76.9 Å². The molecule has 3 N–H and O–H groups in total. The number of aliphatic hydroxyl groups is 1. The van der Waals surface area contributed by atoms with Gasteiger partial charge >= 0.3 is 0 Å². The number of amides is 4. The van der Waals surface area contributed by atoms with Gasteiger partial charge in [-0.1, -0.05) is 12.1 Å². The van der Waals surface area contributed by atoms with E-state index in [1.165, 1.54) is 0 Å². The highest BCUT2D eigenvalue weighted by atomic mass is 16.3. The molecule has 154 valence electrons. The number of rotatable bonds is 4. The van der Waals surface area contributed by atoms with Crippen molar-refractivity contribution >= 4 is 23.6 Å². The highest BCUT2D eigenvalue weighted by Crippen LogP contribution is 2.30. The zero-order valence-corrected chi connectivity index (χ0v) is 16.2. The maximum atomic E-state index is 13.1. The molecule has 4 rings (SSSR count). The number of nitrogens with one attached hydrogen (secondary N) is 2. The average molecular weight is 400 g/mol. The number of aliphatic hydroxyl groups excluding tert-OH is 1. The second-order valence-electron chi connectivity index (χ2n) is 7.83. The summed E-state index contributed by atoms with van der Waals surface area (Å²) in [5.41, 5.74) is 1.25. The molecule has 0 aliphatic carbocycles. The normalized spacial score (nSPS) is 27.4. The Kier molecular flexibility index (Phi) is 5.20. The van der Waals surface area contributed by atoms with Gasteiger partial charge in [-0.15, -0.1) is 0 Å². The van der Waals surface area contributed by atoms with Crippen LogP contribution in [0.2, 0.25) is 0 Å². The largest absolute Gasteiger partial charge is 0.391 e. The monoisotopic (exact) mass is 400 g/mol. The number of nitrogens with zero attached hydrogens (tertiary/aromatic N) is 2. The maximum Gasteiger partial charge on any atom is 0.262 e. The molecule has 9 nitrogen and oxygen atoms in total. The van der Waals surface area contributed by atoms with Crippen LogP contribution in [0.3, 0.4) is 0 Å². The van der Waals surface area contributed by atoms with Crippen molar-refractivity contribution in [1.82, 2.24) is 20.4 Å². The van der Waals surface area contributed by atoms with Gasteiger partial charge in [0, 0.05) is 25.6 Å². The fourth-order valence-electron chi connectivity index (χ4n) is 4.38. The predicted octanol–water partition coefficient (Wildman–Crippen LogP) is -0.758. The average Bonchev–Trinajstić information content (AvgIpc) is 2.94. The lowest BCUT2D eigenvalue weighted by molar-refractivity contribution is -0.136. The minimum absolute atomic E-state index is 0.0893. The lowest BCUT2D eigenvalue weighted by Crippen LogP contribution is -2.54. The van der Waals surface area contributed by atoms with Crippen LogP contribution in [0.25, 0.3) is 0 Å². The van der Waals surface area contributed by atoms with Crippen LogP contribution in [0, 0.1) is 0 Å². The van der Waals surface area contributed by atoms with Crippen molar-refractivity contribution in [2.24, 2.45) is 0 Å². The first-order chi connectivity index (χ1) is 13.9. The number of hydrogen-bond donors (Lipinski definition) is 3. The molecule has 3 unspecified atom stereocenters. The van der Waals surface area contributed by atoms with E-state index in [2.05, 4.69) is 10.6 Å². The van der Waals surface area contributed by atoms with Gasteiger partial charge < -0.3 is 10.4 Å². The van der Waals surface area contributed by atoms with Crippen LogP contribution in [-0.2, 0) is 16.1 Å². The molecule has 3 atom stereocenters. The second kappa shape index (κ2) is 7.66. The van der Waals surface area contributed by atoms with E-state index < -0.39 is 35.8 Å². The van der Waals surface area contributed by atoms with E-state index in [4.69, 9.17) is 0 Å². The summed E-state index contributed by atoms with van der Waals surface area (Å²) in [6.07, 6.45) is 0.412. The third-order valence-electron chi connectivity index (χ3n) is 5.95. The van der Waals surface area contributed by atoms with Crippen molar-refractivity contribution in [3.8, 4) is 0 Å². The van der Waals surface area contributed by atoms with Crippen molar-refractivity contribution < 1.29 is 24.3 Å². The Morgan fingerprint density at radius 1 is 1.17 bits per heavy atom. The van der Waals surface area contributed by atoms with E-state index in [9.17, 15) is 24.3 Å². The molecule has 9 heteroatoms. The molecule has 1 aromatic rings. The molecule has 3 aliphatic heterocycles. The first-order valence-electron chi connectivity index (χ1n) is 9.81. The van der Waals surface area contributed by atoms with E-state index in [0.29, 0.717) is 30.6 Å². The van der Waals surface area contributed by atoms with Gasteiger partial charge in [-0.05, 0) is 38.1 Å². The molecule has 2 saturated heterocycles. The van der Waals surface area contributed by atoms with E-state index in [1.54, 1.807) is 18.2 Å². The van der Waals surface area contributed by atoms with E-state index in [0.717, 1.165) is 11.4 Å². The molecule has 4 amide bonds. The molecule has 0 bridgehead atoms. The summed E-state index contributed by atoms with van der Waals surface area (Å²) in [6.45, 7) is 1.79. The summed E-state index contributed by atoms with van der Waals surface area (Å²) in [5, 5.41) is 15.7. The first-order valence-corrected chi connectivity index (χ1v) is 9.81. The fourth-order valence-corrected chi connectivity index (χ4v) is 4.38. The lowest BCUT2D eigenvalue weighted by atomic mass is 9.99. The number of carbonyl (C=O) groups is 4. The highest BCUT2D eigenvalue weighted by molar-refractivity contribution is 6.24. The summed E-state index contributed by atoms with van der Waals surface area (Å²) in [5.74, 6) is -2.04. The first kappa shape index (κ1) is 19.7. The van der Waals surface area contributed by atoms with Gasteiger partial charge in [-0.3, -0.25) is 34.3 Å². The van der Waals surface area contributed by atoms with Gasteiger partial charge in [0.2, 0.25) is 11.8 Å². The summed E-state index contributed by atoms with van der Waals surface area (Å²) >= 11 is 0. The molecular weight excluding hydrogens is 376 g/mol. The highest BCUT2D eigenvalue weighted by Gasteiger charge is 2.45. The third kappa shape index (κ3) is 3.45. The number of likely N-dealkylation sites (N-methyl/N-ethyl adjacent to an activating group) is 1. The molecule has 1 aromatic carbocycles. The Labute approximate surface area is 168 Å². The predicted molar refractivity (Wildman–Crippen MR) is 102 cm³/mol. The summed E-state index contributed by atoms with van der Waals surface area (Å²) in [6, 6.07) is 4.02. The summed E-state index contributed by atoms with van der Waals surface area (Å²) < 4.78 is 0. The zero-order valence-electron chi connectivity index (χ0n) is 16.2. The van der Waals surface area contributed by atoms with Gasteiger partial charge in [0.15, 0.2) is 0 Å². The van der Waals surface area contributed by atoms with E-state index in [-0.39, 0.29) is 24.4 Å². The van der Waals surface area contributed by atoms with Gasteiger partial charge in [-0.25, -0.2) is 0 Å². The van der Waals surface area contributed by atoms with Crippen LogP contribution in [0.1, 0.15) is 45.5 Å². The maximum absolute atomic E-state index is 13.1. The van der Waals surface area contributed by atoms with Crippen LogP contribution >= 0.6 is 0 Å². The van der Waals surface area contributed by atoms with Crippen molar-refractivity contribution in [2.75, 3.05) is 20.1 Å². The molecule has 3 aliphatic rings. The number of benzene rings is 1. The Bertz CT molecular complexity index is 886. The molecular formula is C20H24N4O5. The van der Waals surface area contributed by atoms with Crippen molar-refractivity contribution in [1.29, 1.82) is 0 Å². The number of carbonyl (C=O) groups excluding carboxylic acids is 4. The molecule has 0 radical (unpaired) electrons. The van der Waals surface area contributed by atoms with Crippen LogP contribution in [0.4, 0.5) is 0 Å². The van der Waals surface area contributed by atoms with Crippen LogP contribution in [0.15, 0.2) is 18.2 Å². The SMILES string of the molecule is CN(Cc1cccc2c1C(=O)N(C1CCC(=O)NC1=O)C2=O)C1CNCCC1O. The van der Waals surface area contributed by atoms with Crippen molar-refractivity contribution in [3.05, 3.63) is 34.9 Å². The molecule has 0 spiro atoms. The zero-order chi connectivity index (χ0) is 20.7.